The predicted molar refractivity (Wildman–Crippen MR) is 116 cm³/mol. The highest BCUT2D eigenvalue weighted by atomic mass is 16.5. The molecule has 0 saturated carbocycles. The number of pyridine rings is 1. The summed E-state index contributed by atoms with van der Waals surface area (Å²) in [4.78, 5) is 50.4. The van der Waals surface area contributed by atoms with Crippen molar-refractivity contribution in [1.82, 2.24) is 4.57 Å². The van der Waals surface area contributed by atoms with Gasteiger partial charge >= 0.3 is 11.9 Å². The fourth-order valence-corrected chi connectivity index (χ4v) is 3.73. The second kappa shape index (κ2) is 9.16. The van der Waals surface area contributed by atoms with E-state index in [1.54, 1.807) is 18.4 Å². The summed E-state index contributed by atoms with van der Waals surface area (Å²) in [6, 6.07) is 3.78. The molecule has 3 rings (SSSR count). The van der Waals surface area contributed by atoms with Crippen molar-refractivity contribution < 1.29 is 23.5 Å². The maximum atomic E-state index is 12.9. The average molecular weight is 427 g/mol. The molecule has 0 saturated heterocycles. The maximum absolute atomic E-state index is 12.9. The van der Waals surface area contributed by atoms with Gasteiger partial charge in [-0.1, -0.05) is 13.3 Å². The molecule has 0 amide bonds. The topological polar surface area (TPSA) is 105 Å². The molecule has 0 bridgehead atoms. The van der Waals surface area contributed by atoms with Gasteiger partial charge in [-0.25, -0.2) is 9.59 Å². The van der Waals surface area contributed by atoms with Crippen LogP contribution in [0.2, 0.25) is 0 Å². The largest absolute Gasteiger partial charge is 0.461 e. The fraction of sp³-hybridized carbons (Fsp3) is 0.391. The molecule has 0 aliphatic rings. The summed E-state index contributed by atoms with van der Waals surface area (Å²) in [5.74, 6) is -1.55. The number of hydrogen-bond acceptors (Lipinski definition) is 7. The van der Waals surface area contributed by atoms with E-state index in [4.69, 9.17) is 13.9 Å². The maximum Gasteiger partial charge on any atom is 0.374 e. The van der Waals surface area contributed by atoms with Crippen LogP contribution in [0.15, 0.2) is 32.2 Å². The van der Waals surface area contributed by atoms with Crippen LogP contribution in [-0.4, -0.2) is 29.7 Å². The number of benzene rings is 1. The molecule has 0 N–H and O–H groups in total. The predicted octanol–water partition coefficient (Wildman–Crippen LogP) is 3.43. The SMILES string of the molecule is CCCc1c2oc(C(=O)OCC)cc(=O)c2cc2c(=O)cc(C(=O)OCC)n(CC)c12. The summed E-state index contributed by atoms with van der Waals surface area (Å²) < 4.78 is 17.6. The molecule has 0 atom stereocenters. The van der Waals surface area contributed by atoms with Crippen molar-refractivity contribution in [2.24, 2.45) is 0 Å². The minimum absolute atomic E-state index is 0.127. The first kappa shape index (κ1) is 22.3. The Kier molecular flexibility index (Phi) is 6.58. The molecule has 8 heteroatoms. The summed E-state index contributed by atoms with van der Waals surface area (Å²) in [5, 5.41) is 0.509. The molecule has 0 spiro atoms. The van der Waals surface area contributed by atoms with Gasteiger partial charge < -0.3 is 18.5 Å². The fourth-order valence-electron chi connectivity index (χ4n) is 3.73. The monoisotopic (exact) mass is 427 g/mol. The van der Waals surface area contributed by atoms with Crippen LogP contribution < -0.4 is 10.9 Å². The van der Waals surface area contributed by atoms with Gasteiger partial charge in [-0.3, -0.25) is 9.59 Å². The molecule has 3 aromatic rings. The van der Waals surface area contributed by atoms with Gasteiger partial charge in [0.15, 0.2) is 10.9 Å². The molecular weight excluding hydrogens is 402 g/mol. The Balaban J connectivity index is 2.51. The number of fused-ring (bicyclic) bond motifs is 2. The first-order valence-electron chi connectivity index (χ1n) is 10.4. The van der Waals surface area contributed by atoms with Gasteiger partial charge in [-0.15, -0.1) is 0 Å². The summed E-state index contributed by atoms with van der Waals surface area (Å²) in [7, 11) is 0. The van der Waals surface area contributed by atoms with Crippen molar-refractivity contribution in [3.8, 4) is 0 Å². The molecular formula is C23H25NO7. The molecule has 1 aromatic carbocycles. The third-order valence-electron chi connectivity index (χ3n) is 4.96. The summed E-state index contributed by atoms with van der Waals surface area (Å²) in [5.41, 5.74) is 0.589. The molecule has 0 aliphatic heterocycles. The molecule has 8 nitrogen and oxygen atoms in total. The van der Waals surface area contributed by atoms with Crippen LogP contribution in [0.3, 0.4) is 0 Å². The van der Waals surface area contributed by atoms with Crippen LogP contribution >= 0.6 is 0 Å². The smallest absolute Gasteiger partial charge is 0.374 e. The van der Waals surface area contributed by atoms with Crippen LogP contribution in [0.1, 0.15) is 60.7 Å². The van der Waals surface area contributed by atoms with Crippen molar-refractivity contribution >= 4 is 33.8 Å². The van der Waals surface area contributed by atoms with E-state index >= 15 is 0 Å². The van der Waals surface area contributed by atoms with E-state index in [1.807, 2.05) is 13.8 Å². The Labute approximate surface area is 178 Å². The van der Waals surface area contributed by atoms with Gasteiger partial charge in [-0.05, 0) is 33.3 Å². The van der Waals surface area contributed by atoms with Crippen LogP contribution in [0.25, 0.3) is 21.9 Å². The number of esters is 2. The number of ether oxygens (including phenoxy) is 2. The molecule has 0 radical (unpaired) electrons. The lowest BCUT2D eigenvalue weighted by atomic mass is 10.00. The third-order valence-corrected chi connectivity index (χ3v) is 4.96. The Morgan fingerprint density at radius 3 is 2.16 bits per heavy atom. The number of aromatic nitrogens is 1. The van der Waals surface area contributed by atoms with Crippen molar-refractivity contribution in [2.75, 3.05) is 13.2 Å². The lowest BCUT2D eigenvalue weighted by Gasteiger charge is -2.18. The van der Waals surface area contributed by atoms with Gasteiger partial charge in [-0.2, -0.15) is 0 Å². The highest BCUT2D eigenvalue weighted by molar-refractivity contribution is 6.01. The molecule has 2 aromatic heterocycles. The van der Waals surface area contributed by atoms with Gasteiger partial charge in [0.25, 0.3) is 0 Å². The van der Waals surface area contributed by atoms with Crippen molar-refractivity contribution in [3.63, 3.8) is 0 Å². The van der Waals surface area contributed by atoms with Crippen LogP contribution in [0, 0.1) is 0 Å². The van der Waals surface area contributed by atoms with Crippen molar-refractivity contribution in [3.05, 3.63) is 55.7 Å². The molecule has 31 heavy (non-hydrogen) atoms. The molecule has 2 heterocycles. The van der Waals surface area contributed by atoms with E-state index in [9.17, 15) is 19.2 Å². The molecule has 164 valence electrons. The second-order valence-corrected chi connectivity index (χ2v) is 6.93. The van der Waals surface area contributed by atoms with E-state index in [1.165, 1.54) is 12.1 Å². The second-order valence-electron chi connectivity index (χ2n) is 6.93. The number of carbonyl (C=O) groups is 2. The molecule has 0 unspecified atom stereocenters. The van der Waals surface area contributed by atoms with Gasteiger partial charge in [0.05, 0.1) is 24.1 Å². The molecule has 0 aliphatic carbocycles. The zero-order chi connectivity index (χ0) is 22.7. The van der Waals surface area contributed by atoms with Gasteiger partial charge in [0, 0.05) is 29.6 Å². The lowest BCUT2D eigenvalue weighted by molar-refractivity contribution is 0.0487. The first-order chi connectivity index (χ1) is 14.9. The zero-order valence-corrected chi connectivity index (χ0v) is 18.1. The first-order valence-corrected chi connectivity index (χ1v) is 10.4. The quantitative estimate of drug-likeness (QED) is 0.420. The van der Waals surface area contributed by atoms with Gasteiger partial charge in [0.1, 0.15) is 11.3 Å². The van der Waals surface area contributed by atoms with Crippen LogP contribution in [0.4, 0.5) is 0 Å². The Hall–Kier alpha value is -3.42. The minimum atomic E-state index is -0.739. The van der Waals surface area contributed by atoms with Crippen LogP contribution in [0.5, 0.6) is 0 Å². The van der Waals surface area contributed by atoms with Crippen LogP contribution in [-0.2, 0) is 22.4 Å². The normalized spacial score (nSPS) is 11.1. The Bertz CT molecular complexity index is 1280. The summed E-state index contributed by atoms with van der Waals surface area (Å²) >= 11 is 0. The molecule has 0 fully saturated rings. The minimum Gasteiger partial charge on any atom is -0.461 e. The van der Waals surface area contributed by atoms with Crippen molar-refractivity contribution in [1.29, 1.82) is 0 Å². The van der Waals surface area contributed by atoms with Gasteiger partial charge in [0.2, 0.25) is 5.76 Å². The van der Waals surface area contributed by atoms with E-state index in [0.717, 1.165) is 6.07 Å². The van der Waals surface area contributed by atoms with E-state index in [0.29, 0.717) is 35.9 Å². The average Bonchev–Trinajstić information content (AvgIpc) is 2.74. The van der Waals surface area contributed by atoms with E-state index < -0.39 is 22.8 Å². The standard InChI is InChI=1S/C23H25NO7/c1-5-9-13-20-14(17(25)11-16(24(20)6-2)22(27)29-7-3)10-15-18(26)12-19(31-21(13)15)23(28)30-8-4/h10-12H,5-9H2,1-4H3. The van der Waals surface area contributed by atoms with E-state index in [-0.39, 0.29) is 35.6 Å². The Morgan fingerprint density at radius 2 is 1.55 bits per heavy atom. The Morgan fingerprint density at radius 1 is 0.903 bits per heavy atom. The number of nitrogens with zero attached hydrogens (tertiary/aromatic N) is 1. The summed E-state index contributed by atoms with van der Waals surface area (Å²) in [6.45, 7) is 7.83. The third kappa shape index (κ3) is 3.97. The van der Waals surface area contributed by atoms with Crippen molar-refractivity contribution in [2.45, 2.75) is 47.1 Å². The number of aryl methyl sites for hydroxylation is 2. The highest BCUT2D eigenvalue weighted by Gasteiger charge is 2.23. The zero-order valence-electron chi connectivity index (χ0n) is 18.1. The number of carbonyl (C=O) groups excluding carboxylic acids is 2. The highest BCUT2D eigenvalue weighted by Crippen LogP contribution is 2.29. The summed E-state index contributed by atoms with van der Waals surface area (Å²) in [6.07, 6.45) is 1.15. The number of hydrogen-bond donors (Lipinski definition) is 0. The van der Waals surface area contributed by atoms with E-state index in [2.05, 4.69) is 0 Å². The number of rotatable bonds is 7. The lowest BCUT2D eigenvalue weighted by Crippen LogP contribution is -2.21.